The summed E-state index contributed by atoms with van der Waals surface area (Å²) in [5.41, 5.74) is 2.38. The third kappa shape index (κ3) is 4.77. The van der Waals surface area contributed by atoms with Gasteiger partial charge in [0.05, 0.1) is 12.1 Å². The Labute approximate surface area is 200 Å². The van der Waals surface area contributed by atoms with E-state index in [1.54, 1.807) is 18.2 Å². The maximum absolute atomic E-state index is 13.4. The van der Waals surface area contributed by atoms with Gasteiger partial charge >= 0.3 is 12.4 Å². The summed E-state index contributed by atoms with van der Waals surface area (Å²) in [7, 11) is 0. The van der Waals surface area contributed by atoms with Crippen molar-refractivity contribution in [1.29, 1.82) is 0 Å². The molecule has 0 spiro atoms. The number of H-pyrrole nitrogens is 1. The van der Waals surface area contributed by atoms with Gasteiger partial charge in [0.25, 0.3) is 0 Å². The molecule has 6 nitrogen and oxygen atoms in total. The Kier molecular flexibility index (Phi) is 6.07. The molecule has 0 aliphatic carbocycles. The van der Waals surface area contributed by atoms with Gasteiger partial charge in [0.1, 0.15) is 0 Å². The summed E-state index contributed by atoms with van der Waals surface area (Å²) in [6, 6.07) is 4.67. The van der Waals surface area contributed by atoms with E-state index >= 15 is 0 Å². The molecule has 35 heavy (non-hydrogen) atoms. The number of halogens is 7. The number of nitrogens with one attached hydrogen (secondary N) is 1. The van der Waals surface area contributed by atoms with Crippen molar-refractivity contribution < 1.29 is 31.1 Å². The number of hydrogen-bond acceptors (Lipinski definition) is 5. The molecule has 5 rings (SSSR count). The van der Waals surface area contributed by atoms with Crippen LogP contribution in [0.3, 0.4) is 0 Å². The lowest BCUT2D eigenvalue weighted by Gasteiger charge is -2.38. The fourth-order valence-corrected chi connectivity index (χ4v) is 4.98. The van der Waals surface area contributed by atoms with E-state index in [0.29, 0.717) is 30.2 Å². The van der Waals surface area contributed by atoms with E-state index in [0.717, 1.165) is 35.7 Å². The summed E-state index contributed by atoms with van der Waals surface area (Å²) in [5, 5.41) is 1.39. The van der Waals surface area contributed by atoms with Crippen LogP contribution in [0.4, 0.5) is 32.3 Å². The topological polar surface area (TPSA) is 66.9 Å². The molecule has 2 aliphatic rings. The molecule has 1 saturated heterocycles. The van der Waals surface area contributed by atoms with Crippen LogP contribution in [0, 0.1) is 0 Å². The fraction of sp³-hybridized carbons (Fsp3) is 0.500. The molecule has 3 aromatic rings. The third-order valence-corrected chi connectivity index (χ3v) is 6.60. The lowest BCUT2D eigenvalue weighted by molar-refractivity contribution is -0.155. The SMILES string of the molecule is FC(F)(F)c1nc(N2CCc3c([nH]c4ccc(Cl)cc34)[C@@H]2CC2CCCCO2)nc(C(F)(F)F)n1. The monoisotopic (exact) mass is 519 g/mol. The van der Waals surface area contributed by atoms with E-state index < -0.39 is 36.0 Å². The summed E-state index contributed by atoms with van der Waals surface area (Å²) in [5.74, 6) is -4.42. The Hall–Kier alpha value is -2.60. The van der Waals surface area contributed by atoms with E-state index in [1.165, 1.54) is 4.90 Å². The van der Waals surface area contributed by atoms with Gasteiger partial charge in [0.2, 0.25) is 17.6 Å². The fourth-order valence-electron chi connectivity index (χ4n) is 4.81. The largest absolute Gasteiger partial charge is 0.451 e. The molecule has 188 valence electrons. The van der Waals surface area contributed by atoms with Crippen LogP contribution < -0.4 is 4.90 Å². The van der Waals surface area contributed by atoms with Crippen molar-refractivity contribution in [3.63, 3.8) is 0 Å². The van der Waals surface area contributed by atoms with Gasteiger partial charge in [-0.05, 0) is 55.9 Å². The highest BCUT2D eigenvalue weighted by Crippen LogP contribution is 2.41. The molecule has 2 aliphatic heterocycles. The summed E-state index contributed by atoms with van der Waals surface area (Å²) in [4.78, 5) is 14.2. The number of anilines is 1. The molecule has 13 heteroatoms. The van der Waals surface area contributed by atoms with Gasteiger partial charge in [-0.15, -0.1) is 0 Å². The van der Waals surface area contributed by atoms with Crippen LogP contribution in [0.5, 0.6) is 0 Å². The first-order valence-corrected chi connectivity index (χ1v) is 11.5. The average molecular weight is 520 g/mol. The molecule has 1 N–H and O–H groups in total. The van der Waals surface area contributed by atoms with Gasteiger partial charge in [-0.3, -0.25) is 0 Å². The summed E-state index contributed by atoms with van der Waals surface area (Å²) >= 11 is 6.17. The van der Waals surface area contributed by atoms with Crippen molar-refractivity contribution in [3.05, 3.63) is 46.1 Å². The number of aromatic amines is 1. The summed E-state index contributed by atoms with van der Waals surface area (Å²) in [6.45, 7) is 0.664. The van der Waals surface area contributed by atoms with Gasteiger partial charge < -0.3 is 14.6 Å². The maximum atomic E-state index is 13.4. The zero-order valence-corrected chi connectivity index (χ0v) is 18.9. The van der Waals surface area contributed by atoms with E-state index in [4.69, 9.17) is 16.3 Å². The number of nitrogens with zero attached hydrogens (tertiary/aromatic N) is 4. The Balaban J connectivity index is 1.63. The van der Waals surface area contributed by atoms with E-state index in [-0.39, 0.29) is 12.6 Å². The standard InChI is InChI=1S/C22H20ClF6N5O/c23-11-4-5-15-14(9-11)13-6-7-34(16(17(13)30-15)10-12-3-1-2-8-35-12)20-32-18(21(24,25)26)31-19(33-20)22(27,28)29/h4-5,9,12,16,30H,1-3,6-8,10H2/t12?,16-/m0/s1. The zero-order chi connectivity index (χ0) is 25.0. The highest BCUT2D eigenvalue weighted by Gasteiger charge is 2.43. The molecule has 0 amide bonds. The number of ether oxygens (including phenoxy) is 1. The second-order valence-electron chi connectivity index (χ2n) is 8.67. The van der Waals surface area contributed by atoms with Crippen molar-refractivity contribution in [1.82, 2.24) is 19.9 Å². The molecule has 0 bridgehead atoms. The number of hydrogen-bond donors (Lipinski definition) is 1. The molecule has 2 aromatic heterocycles. The first-order chi connectivity index (χ1) is 16.5. The van der Waals surface area contributed by atoms with Crippen molar-refractivity contribution >= 4 is 28.5 Å². The van der Waals surface area contributed by atoms with Gasteiger partial charge in [-0.25, -0.2) is 4.98 Å². The number of benzene rings is 1. The van der Waals surface area contributed by atoms with Crippen molar-refractivity contribution in [2.75, 3.05) is 18.1 Å². The Morgan fingerprint density at radius 2 is 1.74 bits per heavy atom. The van der Waals surface area contributed by atoms with Crippen LogP contribution in [-0.4, -0.2) is 39.2 Å². The summed E-state index contributed by atoms with van der Waals surface area (Å²) in [6.07, 6.45) is -7.27. The van der Waals surface area contributed by atoms with Crippen LogP contribution in [0.15, 0.2) is 18.2 Å². The molecular weight excluding hydrogens is 500 g/mol. The Bertz CT molecular complexity index is 1210. The molecule has 1 fully saturated rings. The minimum atomic E-state index is -5.17. The van der Waals surface area contributed by atoms with Crippen LogP contribution in [-0.2, 0) is 23.5 Å². The molecular formula is C22H20ClF6N5O. The zero-order valence-electron chi connectivity index (χ0n) is 18.2. The highest BCUT2D eigenvalue weighted by atomic mass is 35.5. The molecule has 1 aromatic carbocycles. The minimum absolute atomic E-state index is 0.114. The maximum Gasteiger partial charge on any atom is 0.451 e. The predicted molar refractivity (Wildman–Crippen MR) is 115 cm³/mol. The van der Waals surface area contributed by atoms with Crippen LogP contribution in [0.1, 0.15) is 54.6 Å². The smallest absolute Gasteiger partial charge is 0.378 e. The summed E-state index contributed by atoms with van der Waals surface area (Å²) < 4.78 is 86.3. The van der Waals surface area contributed by atoms with Gasteiger partial charge in [-0.1, -0.05) is 11.6 Å². The lowest BCUT2D eigenvalue weighted by Crippen LogP contribution is -2.40. The van der Waals surface area contributed by atoms with Crippen molar-refractivity contribution in [3.8, 4) is 0 Å². The second kappa shape index (κ2) is 8.81. The Morgan fingerprint density at radius 1 is 1.03 bits per heavy atom. The molecule has 2 atom stereocenters. The molecule has 4 heterocycles. The Morgan fingerprint density at radius 3 is 2.37 bits per heavy atom. The lowest BCUT2D eigenvalue weighted by atomic mass is 9.92. The number of alkyl halides is 6. The van der Waals surface area contributed by atoms with E-state index in [2.05, 4.69) is 19.9 Å². The van der Waals surface area contributed by atoms with Crippen LogP contribution >= 0.6 is 11.6 Å². The highest BCUT2D eigenvalue weighted by molar-refractivity contribution is 6.31. The average Bonchev–Trinajstić information content (AvgIpc) is 3.17. The normalized spacial score (nSPS) is 21.4. The minimum Gasteiger partial charge on any atom is -0.378 e. The first-order valence-electron chi connectivity index (χ1n) is 11.1. The van der Waals surface area contributed by atoms with Crippen molar-refractivity contribution in [2.24, 2.45) is 0 Å². The van der Waals surface area contributed by atoms with Gasteiger partial charge in [-0.2, -0.15) is 36.3 Å². The molecule has 1 unspecified atom stereocenters. The predicted octanol–water partition coefficient (Wildman–Crippen LogP) is 6.11. The molecule has 0 radical (unpaired) electrons. The number of aromatic nitrogens is 4. The third-order valence-electron chi connectivity index (χ3n) is 6.36. The van der Waals surface area contributed by atoms with Gasteiger partial charge in [0, 0.05) is 34.8 Å². The van der Waals surface area contributed by atoms with Crippen LogP contribution in [0.25, 0.3) is 10.9 Å². The quantitative estimate of drug-likeness (QED) is 0.423. The first kappa shape index (κ1) is 24.1. The van der Waals surface area contributed by atoms with E-state index in [1.807, 2.05) is 0 Å². The number of fused-ring (bicyclic) bond motifs is 3. The second-order valence-corrected chi connectivity index (χ2v) is 9.11. The van der Waals surface area contributed by atoms with E-state index in [9.17, 15) is 26.3 Å². The number of rotatable bonds is 3. The molecule has 0 saturated carbocycles. The van der Waals surface area contributed by atoms with Crippen molar-refractivity contribution in [2.45, 2.75) is 56.6 Å². The van der Waals surface area contributed by atoms with Gasteiger partial charge in [0.15, 0.2) is 0 Å². The van der Waals surface area contributed by atoms with Crippen LogP contribution in [0.2, 0.25) is 5.02 Å².